The van der Waals surface area contributed by atoms with Crippen LogP contribution in [0.1, 0.15) is 21.8 Å². The van der Waals surface area contributed by atoms with Crippen LogP contribution in [-0.4, -0.2) is 47.1 Å². The highest BCUT2D eigenvalue weighted by Crippen LogP contribution is 2.30. The van der Waals surface area contributed by atoms with Crippen LogP contribution in [0.2, 0.25) is 0 Å². The van der Waals surface area contributed by atoms with Gasteiger partial charge in [-0.2, -0.15) is 0 Å². The van der Waals surface area contributed by atoms with Gasteiger partial charge in [-0.3, -0.25) is 4.79 Å². The summed E-state index contributed by atoms with van der Waals surface area (Å²) in [7, 11) is 0. The molecule has 3 heterocycles. The first-order valence-corrected chi connectivity index (χ1v) is 8.76. The van der Waals surface area contributed by atoms with E-state index in [4.69, 9.17) is 9.51 Å². The van der Waals surface area contributed by atoms with Gasteiger partial charge in [-0.05, 0) is 31.5 Å². The third kappa shape index (κ3) is 2.75. The molecule has 2 aromatic heterocycles. The Balaban J connectivity index is 1.46. The molecule has 24 heavy (non-hydrogen) atoms. The Morgan fingerprint density at radius 1 is 1.17 bits per heavy atom. The smallest absolute Gasteiger partial charge is 0.292 e. The normalized spacial score (nSPS) is 15.2. The number of piperazine rings is 1. The summed E-state index contributed by atoms with van der Waals surface area (Å²) < 4.78 is 6.29. The average molecular weight is 342 g/mol. The first kappa shape index (κ1) is 15.1. The number of aromatic nitrogens is 2. The zero-order chi connectivity index (χ0) is 16.7. The second-order valence-corrected chi connectivity index (χ2v) is 7.09. The Hall–Kier alpha value is -2.41. The molecular formula is C17H18N4O2S. The molecule has 0 spiro atoms. The first-order chi connectivity index (χ1) is 11.6. The van der Waals surface area contributed by atoms with Crippen LogP contribution in [0.3, 0.4) is 0 Å². The molecule has 1 aromatic carbocycles. The highest BCUT2D eigenvalue weighted by atomic mass is 32.1. The van der Waals surface area contributed by atoms with Crippen LogP contribution >= 0.6 is 11.3 Å². The quantitative estimate of drug-likeness (QED) is 0.717. The summed E-state index contributed by atoms with van der Waals surface area (Å²) in [6.45, 7) is 6.78. The molecule has 0 atom stereocenters. The number of carbonyl (C=O) groups excluding carboxylic acids is 1. The SMILES string of the molecule is Cc1ccc2nc(N3CCN(C(=O)c4cc(C)no4)CC3)sc2c1. The van der Waals surface area contributed by atoms with E-state index < -0.39 is 0 Å². The molecule has 3 aromatic rings. The van der Waals surface area contributed by atoms with Gasteiger partial charge in [-0.15, -0.1) is 0 Å². The second-order valence-electron chi connectivity index (χ2n) is 6.08. The van der Waals surface area contributed by atoms with E-state index >= 15 is 0 Å². The molecule has 1 saturated heterocycles. The number of rotatable bonds is 2. The standard InChI is InChI=1S/C17H18N4O2S/c1-11-3-4-13-15(9-11)24-17(18-13)21-7-5-20(6-8-21)16(22)14-10-12(2)19-23-14/h3-4,9-10H,5-8H2,1-2H3. The number of amides is 1. The number of aryl methyl sites for hydroxylation is 2. The molecular weight excluding hydrogens is 324 g/mol. The van der Waals surface area contributed by atoms with E-state index in [2.05, 4.69) is 35.2 Å². The van der Waals surface area contributed by atoms with Crippen LogP contribution in [0.25, 0.3) is 10.2 Å². The van der Waals surface area contributed by atoms with Crippen LogP contribution < -0.4 is 4.90 Å². The molecule has 1 aliphatic heterocycles. The summed E-state index contributed by atoms with van der Waals surface area (Å²) in [4.78, 5) is 21.2. The number of carbonyl (C=O) groups is 1. The highest BCUT2D eigenvalue weighted by molar-refractivity contribution is 7.22. The lowest BCUT2D eigenvalue weighted by Crippen LogP contribution is -2.48. The first-order valence-electron chi connectivity index (χ1n) is 7.95. The minimum Gasteiger partial charge on any atom is -0.351 e. The van der Waals surface area contributed by atoms with E-state index in [1.807, 2.05) is 11.8 Å². The van der Waals surface area contributed by atoms with Crippen molar-refractivity contribution in [3.05, 3.63) is 41.3 Å². The van der Waals surface area contributed by atoms with Gasteiger partial charge >= 0.3 is 0 Å². The van der Waals surface area contributed by atoms with E-state index in [9.17, 15) is 4.79 Å². The molecule has 7 heteroatoms. The highest BCUT2D eigenvalue weighted by Gasteiger charge is 2.26. The van der Waals surface area contributed by atoms with Crippen LogP contribution in [0, 0.1) is 13.8 Å². The number of nitrogens with zero attached hydrogens (tertiary/aromatic N) is 4. The van der Waals surface area contributed by atoms with Crippen molar-refractivity contribution in [2.75, 3.05) is 31.1 Å². The monoisotopic (exact) mass is 342 g/mol. The van der Waals surface area contributed by atoms with E-state index in [1.54, 1.807) is 17.4 Å². The fourth-order valence-corrected chi connectivity index (χ4v) is 3.99. The van der Waals surface area contributed by atoms with Gasteiger partial charge in [0.05, 0.1) is 15.9 Å². The molecule has 0 bridgehead atoms. The zero-order valence-electron chi connectivity index (χ0n) is 13.7. The van der Waals surface area contributed by atoms with Gasteiger partial charge in [0.2, 0.25) is 5.76 Å². The van der Waals surface area contributed by atoms with Crippen molar-refractivity contribution in [3.8, 4) is 0 Å². The molecule has 1 fully saturated rings. The summed E-state index contributed by atoms with van der Waals surface area (Å²) in [6.07, 6.45) is 0. The van der Waals surface area contributed by atoms with Gasteiger partial charge < -0.3 is 14.3 Å². The van der Waals surface area contributed by atoms with Crippen molar-refractivity contribution in [1.29, 1.82) is 0 Å². The van der Waals surface area contributed by atoms with Crippen molar-refractivity contribution in [3.63, 3.8) is 0 Å². The van der Waals surface area contributed by atoms with Gasteiger partial charge in [-0.25, -0.2) is 4.98 Å². The van der Waals surface area contributed by atoms with Gasteiger partial charge in [0.15, 0.2) is 5.13 Å². The molecule has 0 saturated carbocycles. The number of thiazole rings is 1. The average Bonchev–Trinajstić information content (AvgIpc) is 3.20. The lowest BCUT2D eigenvalue weighted by Gasteiger charge is -2.33. The van der Waals surface area contributed by atoms with Crippen LogP contribution in [-0.2, 0) is 0 Å². The Kier molecular flexibility index (Phi) is 3.72. The molecule has 0 N–H and O–H groups in total. The predicted octanol–water partition coefficient (Wildman–Crippen LogP) is 2.86. The predicted molar refractivity (Wildman–Crippen MR) is 93.7 cm³/mol. The number of anilines is 1. The zero-order valence-corrected chi connectivity index (χ0v) is 14.5. The molecule has 124 valence electrons. The van der Waals surface area contributed by atoms with Crippen LogP contribution in [0.5, 0.6) is 0 Å². The Morgan fingerprint density at radius 2 is 1.96 bits per heavy atom. The number of fused-ring (bicyclic) bond motifs is 1. The number of benzene rings is 1. The molecule has 6 nitrogen and oxygen atoms in total. The summed E-state index contributed by atoms with van der Waals surface area (Å²) >= 11 is 1.71. The molecule has 0 radical (unpaired) electrons. The van der Waals surface area contributed by atoms with E-state index in [0.29, 0.717) is 18.8 Å². The molecule has 4 rings (SSSR count). The Labute approximate surface area is 143 Å². The molecule has 0 aliphatic carbocycles. The molecule has 1 amide bonds. The lowest BCUT2D eigenvalue weighted by molar-refractivity contribution is 0.0704. The van der Waals surface area contributed by atoms with Crippen molar-refractivity contribution in [1.82, 2.24) is 15.0 Å². The Morgan fingerprint density at radius 3 is 2.67 bits per heavy atom. The van der Waals surface area contributed by atoms with Gasteiger partial charge in [0.1, 0.15) is 0 Å². The third-order valence-corrected chi connectivity index (χ3v) is 5.29. The van der Waals surface area contributed by atoms with Crippen molar-refractivity contribution in [2.45, 2.75) is 13.8 Å². The van der Waals surface area contributed by atoms with E-state index in [1.165, 1.54) is 10.3 Å². The summed E-state index contributed by atoms with van der Waals surface area (Å²) in [5.74, 6) is 0.228. The molecule has 0 unspecified atom stereocenters. The maximum absolute atomic E-state index is 12.4. The topological polar surface area (TPSA) is 62.5 Å². The van der Waals surface area contributed by atoms with E-state index in [0.717, 1.165) is 29.4 Å². The minimum atomic E-state index is -0.0878. The Bertz CT molecular complexity index is 893. The maximum Gasteiger partial charge on any atom is 0.292 e. The van der Waals surface area contributed by atoms with Crippen molar-refractivity contribution in [2.24, 2.45) is 0 Å². The fourth-order valence-electron chi connectivity index (χ4n) is 2.88. The van der Waals surface area contributed by atoms with Gasteiger partial charge in [-0.1, -0.05) is 22.6 Å². The second kappa shape index (κ2) is 5.90. The number of hydrogen-bond acceptors (Lipinski definition) is 6. The number of hydrogen-bond donors (Lipinski definition) is 0. The summed E-state index contributed by atoms with van der Waals surface area (Å²) in [6, 6.07) is 8.01. The van der Waals surface area contributed by atoms with Crippen LogP contribution in [0.15, 0.2) is 28.8 Å². The van der Waals surface area contributed by atoms with Crippen molar-refractivity contribution >= 4 is 32.6 Å². The minimum absolute atomic E-state index is 0.0878. The third-order valence-electron chi connectivity index (χ3n) is 4.21. The maximum atomic E-state index is 12.4. The van der Waals surface area contributed by atoms with Gasteiger partial charge in [0.25, 0.3) is 5.91 Å². The summed E-state index contributed by atoms with van der Waals surface area (Å²) in [5, 5.41) is 4.81. The molecule has 1 aliphatic rings. The van der Waals surface area contributed by atoms with E-state index in [-0.39, 0.29) is 5.91 Å². The van der Waals surface area contributed by atoms with Crippen LogP contribution in [0.4, 0.5) is 5.13 Å². The van der Waals surface area contributed by atoms with Crippen molar-refractivity contribution < 1.29 is 9.32 Å². The van der Waals surface area contributed by atoms with Gasteiger partial charge in [0, 0.05) is 32.2 Å². The fraction of sp³-hybridized carbons (Fsp3) is 0.353. The largest absolute Gasteiger partial charge is 0.351 e. The lowest BCUT2D eigenvalue weighted by atomic mass is 10.2. The summed E-state index contributed by atoms with van der Waals surface area (Å²) in [5.41, 5.74) is 3.01.